The van der Waals surface area contributed by atoms with Gasteiger partial charge in [0.2, 0.25) is 0 Å². The molecular weight excluding hydrogens is 360 g/mol. The third kappa shape index (κ3) is 2.32. The number of nitrogens with one attached hydrogen (secondary N) is 2. The van der Waals surface area contributed by atoms with E-state index in [1.165, 1.54) is 0 Å². The van der Waals surface area contributed by atoms with Crippen LogP contribution in [-0.4, -0.2) is 21.0 Å². The summed E-state index contributed by atoms with van der Waals surface area (Å²) in [6.45, 7) is 6.38. The van der Waals surface area contributed by atoms with E-state index >= 15 is 0 Å². The average Bonchev–Trinajstić information content (AvgIpc) is 3.39. The van der Waals surface area contributed by atoms with E-state index < -0.39 is 0 Å². The lowest BCUT2D eigenvalue weighted by Crippen LogP contribution is -2.30. The molecule has 5 nitrogen and oxygen atoms in total. The first kappa shape index (κ1) is 17.4. The van der Waals surface area contributed by atoms with Gasteiger partial charge in [-0.15, -0.1) is 0 Å². The molecule has 0 atom stereocenters. The van der Waals surface area contributed by atoms with Crippen molar-refractivity contribution in [2.75, 3.05) is 0 Å². The zero-order valence-corrected chi connectivity index (χ0v) is 16.6. The minimum absolute atomic E-state index is 0.0405. The fraction of sp³-hybridized carbons (Fsp3) is 0.208. The molecule has 2 heterocycles. The second-order valence-corrected chi connectivity index (χ2v) is 8.10. The predicted molar refractivity (Wildman–Crippen MR) is 112 cm³/mol. The van der Waals surface area contributed by atoms with E-state index in [1.807, 2.05) is 30.6 Å². The number of aromatic amines is 2. The van der Waals surface area contributed by atoms with Crippen LogP contribution in [-0.2, 0) is 11.8 Å². The van der Waals surface area contributed by atoms with E-state index in [0.29, 0.717) is 5.56 Å². The zero-order chi connectivity index (χ0) is 20.3. The van der Waals surface area contributed by atoms with Crippen LogP contribution in [0.3, 0.4) is 0 Å². The van der Waals surface area contributed by atoms with E-state index in [9.17, 15) is 10.1 Å². The maximum atomic E-state index is 13.6. The van der Waals surface area contributed by atoms with Crippen molar-refractivity contribution in [3.63, 3.8) is 0 Å². The molecule has 2 aromatic heterocycles. The van der Waals surface area contributed by atoms with E-state index in [0.717, 1.165) is 56.4 Å². The topological polar surface area (TPSA) is 85.3 Å². The van der Waals surface area contributed by atoms with Crippen molar-refractivity contribution < 1.29 is 4.79 Å². The Labute approximate surface area is 168 Å². The first-order valence-electron chi connectivity index (χ1n) is 9.73. The molecule has 1 aliphatic carbocycles. The predicted octanol–water partition coefficient (Wildman–Crippen LogP) is 4.86. The molecular formula is C24H20N4O. The number of hydrogen-bond donors (Lipinski definition) is 2. The lowest BCUT2D eigenvalue weighted by molar-refractivity contribution is 0.103. The zero-order valence-electron chi connectivity index (χ0n) is 16.6. The normalized spacial score (nSPS) is 14.5. The highest BCUT2D eigenvalue weighted by Crippen LogP contribution is 2.45. The van der Waals surface area contributed by atoms with Crippen molar-refractivity contribution in [2.45, 2.75) is 32.6 Å². The van der Waals surface area contributed by atoms with Gasteiger partial charge in [-0.05, 0) is 47.4 Å². The van der Waals surface area contributed by atoms with Crippen molar-refractivity contribution in [3.05, 3.63) is 76.2 Å². The van der Waals surface area contributed by atoms with Gasteiger partial charge in [-0.3, -0.25) is 9.89 Å². The van der Waals surface area contributed by atoms with Crippen LogP contribution in [0.25, 0.3) is 22.0 Å². The van der Waals surface area contributed by atoms with Gasteiger partial charge in [-0.25, -0.2) is 0 Å². The first-order chi connectivity index (χ1) is 14.0. The number of benzene rings is 2. The van der Waals surface area contributed by atoms with Gasteiger partial charge in [-0.2, -0.15) is 10.4 Å². The second kappa shape index (κ2) is 5.92. The number of carbonyl (C=O) groups excluding carboxylic acids is 1. The van der Waals surface area contributed by atoms with Crippen molar-refractivity contribution in [1.29, 1.82) is 5.26 Å². The van der Waals surface area contributed by atoms with Crippen LogP contribution in [0, 0.1) is 11.3 Å². The quantitative estimate of drug-likeness (QED) is 0.521. The van der Waals surface area contributed by atoms with E-state index in [1.54, 1.807) is 6.07 Å². The van der Waals surface area contributed by atoms with Gasteiger partial charge < -0.3 is 4.98 Å². The Morgan fingerprint density at radius 1 is 1.17 bits per heavy atom. The third-order valence-electron chi connectivity index (χ3n) is 6.13. The van der Waals surface area contributed by atoms with Crippen molar-refractivity contribution >= 4 is 16.7 Å². The van der Waals surface area contributed by atoms with Crippen LogP contribution in [0.15, 0.2) is 42.7 Å². The summed E-state index contributed by atoms with van der Waals surface area (Å²) < 4.78 is 0. The lowest BCUT2D eigenvalue weighted by atomic mass is 9.70. The van der Waals surface area contributed by atoms with Crippen LogP contribution in [0.2, 0.25) is 0 Å². The van der Waals surface area contributed by atoms with Crippen LogP contribution in [0.4, 0.5) is 0 Å². The van der Waals surface area contributed by atoms with Crippen molar-refractivity contribution in [1.82, 2.24) is 15.2 Å². The lowest BCUT2D eigenvalue weighted by Gasteiger charge is -2.33. The molecule has 142 valence electrons. The van der Waals surface area contributed by atoms with Crippen LogP contribution in [0.5, 0.6) is 0 Å². The molecule has 0 fully saturated rings. The van der Waals surface area contributed by atoms with Crippen LogP contribution in [0.1, 0.15) is 59.1 Å². The van der Waals surface area contributed by atoms with Gasteiger partial charge in [0.15, 0.2) is 5.78 Å². The molecule has 0 bridgehead atoms. The summed E-state index contributed by atoms with van der Waals surface area (Å²) >= 11 is 0. The Balaban J connectivity index is 1.81. The number of H-pyrrole nitrogens is 2. The Morgan fingerprint density at radius 3 is 2.69 bits per heavy atom. The fourth-order valence-corrected chi connectivity index (χ4v) is 4.55. The monoisotopic (exact) mass is 380 g/mol. The number of nitrogens with zero attached hydrogens (tertiary/aromatic N) is 2. The summed E-state index contributed by atoms with van der Waals surface area (Å²) in [5.74, 6) is 0.0405. The highest BCUT2D eigenvalue weighted by atomic mass is 16.1. The number of nitriles is 1. The molecule has 0 saturated heterocycles. The summed E-state index contributed by atoms with van der Waals surface area (Å²) in [4.78, 5) is 17.0. The molecule has 4 aromatic rings. The maximum Gasteiger partial charge on any atom is 0.195 e. The van der Waals surface area contributed by atoms with Gasteiger partial charge in [0.25, 0.3) is 0 Å². The molecule has 1 aliphatic rings. The largest absolute Gasteiger partial charge is 0.357 e. The Kier molecular flexibility index (Phi) is 3.56. The number of rotatable bonds is 2. The molecule has 2 aromatic carbocycles. The van der Waals surface area contributed by atoms with Gasteiger partial charge >= 0.3 is 0 Å². The van der Waals surface area contributed by atoms with Gasteiger partial charge in [0.05, 0.1) is 23.4 Å². The van der Waals surface area contributed by atoms with Crippen LogP contribution >= 0.6 is 0 Å². The summed E-state index contributed by atoms with van der Waals surface area (Å²) in [5.41, 5.74) is 7.68. The smallest absolute Gasteiger partial charge is 0.195 e. The van der Waals surface area contributed by atoms with Crippen molar-refractivity contribution in [2.24, 2.45) is 0 Å². The minimum atomic E-state index is -0.380. The van der Waals surface area contributed by atoms with Gasteiger partial charge in [0.1, 0.15) is 0 Å². The first-order valence-corrected chi connectivity index (χ1v) is 9.73. The summed E-state index contributed by atoms with van der Waals surface area (Å²) in [7, 11) is 0. The highest BCUT2D eigenvalue weighted by Gasteiger charge is 2.40. The summed E-state index contributed by atoms with van der Waals surface area (Å²) in [5, 5.41) is 17.1. The fourth-order valence-electron chi connectivity index (χ4n) is 4.55. The Morgan fingerprint density at radius 2 is 2.00 bits per heavy atom. The van der Waals surface area contributed by atoms with Gasteiger partial charge in [0, 0.05) is 39.3 Å². The summed E-state index contributed by atoms with van der Waals surface area (Å²) in [6, 6.07) is 11.8. The molecule has 0 aliphatic heterocycles. The molecule has 5 rings (SSSR count). The molecule has 5 heteroatoms. The Bertz CT molecular complexity index is 1330. The molecule has 0 radical (unpaired) electrons. The molecule has 0 spiro atoms. The van der Waals surface area contributed by atoms with Gasteiger partial charge in [-0.1, -0.05) is 26.8 Å². The standard InChI is InChI=1S/C24H20N4O/c1-4-14-8-18-19(9-17(14)15-11-26-27-12-15)24(2,3)23-21(22(18)29)16-6-5-13(10-25)7-20(16)28-23/h5-9,11-12,28H,4H2,1-3H3,(H,26,27). The molecule has 29 heavy (non-hydrogen) atoms. The number of ketones is 1. The van der Waals surface area contributed by atoms with Crippen LogP contribution < -0.4 is 0 Å². The number of hydrogen-bond acceptors (Lipinski definition) is 3. The van der Waals surface area contributed by atoms with E-state index in [-0.39, 0.29) is 11.2 Å². The number of carbonyl (C=O) groups is 1. The summed E-state index contributed by atoms with van der Waals surface area (Å²) in [6.07, 6.45) is 4.53. The third-order valence-corrected chi connectivity index (χ3v) is 6.13. The average molecular weight is 380 g/mol. The Hall–Kier alpha value is -3.65. The number of fused-ring (bicyclic) bond motifs is 4. The number of aromatic nitrogens is 3. The molecule has 0 amide bonds. The number of aryl methyl sites for hydroxylation is 1. The molecule has 0 saturated carbocycles. The SMILES string of the molecule is CCc1cc2c(cc1-c1cn[nH]c1)C(C)(C)c1[nH]c3cc(C#N)ccc3c1C2=O. The molecule has 0 unspecified atom stereocenters. The second-order valence-electron chi connectivity index (χ2n) is 8.10. The molecule has 2 N–H and O–H groups in total. The van der Waals surface area contributed by atoms with E-state index in [2.05, 4.69) is 48.1 Å². The highest BCUT2D eigenvalue weighted by molar-refractivity contribution is 6.20. The van der Waals surface area contributed by atoms with Crippen molar-refractivity contribution in [3.8, 4) is 17.2 Å². The van der Waals surface area contributed by atoms with E-state index in [4.69, 9.17) is 0 Å². The minimum Gasteiger partial charge on any atom is -0.357 e. The maximum absolute atomic E-state index is 13.6.